The zero-order valence-electron chi connectivity index (χ0n) is 51.7. The van der Waals surface area contributed by atoms with Crippen LogP contribution in [0.3, 0.4) is 0 Å². The summed E-state index contributed by atoms with van der Waals surface area (Å²) in [4.78, 5) is 67.7. The number of aromatic carboxylic acids is 1. The van der Waals surface area contributed by atoms with Crippen molar-refractivity contribution in [3.05, 3.63) is 138 Å². The van der Waals surface area contributed by atoms with Crippen LogP contribution in [0.25, 0.3) is 0 Å². The van der Waals surface area contributed by atoms with Crippen molar-refractivity contribution in [3.8, 4) is 0 Å². The molecule has 2 fully saturated rings. The summed E-state index contributed by atoms with van der Waals surface area (Å²) in [6.07, 6.45) is 10.2. The molecule has 4 aliphatic rings. The van der Waals surface area contributed by atoms with Crippen LogP contribution in [0, 0.1) is 33.5 Å². The summed E-state index contributed by atoms with van der Waals surface area (Å²) in [5.74, 6) is -0.429. The Hall–Kier alpha value is -3.78. The number of hydrogen-bond acceptors (Lipinski definition) is 8. The third-order valence-corrected chi connectivity index (χ3v) is 17.9. The predicted molar refractivity (Wildman–Crippen MR) is 333 cm³/mol. The molecule has 8 rings (SSSR count). The molecular weight excluding hydrogens is 1140 g/mol. The Morgan fingerprint density at radius 1 is 0.566 bits per heavy atom. The van der Waals surface area contributed by atoms with Crippen LogP contribution in [0.5, 0.6) is 0 Å². The van der Waals surface area contributed by atoms with Crippen LogP contribution < -0.4 is 29.6 Å². The van der Waals surface area contributed by atoms with E-state index in [2.05, 4.69) is 88.0 Å². The first-order chi connectivity index (χ1) is 37.6. The van der Waals surface area contributed by atoms with Crippen LogP contribution in [-0.4, -0.2) is 73.0 Å². The number of ether oxygens (including phenoxy) is 1. The summed E-state index contributed by atoms with van der Waals surface area (Å²) < 4.78 is 5.41. The van der Waals surface area contributed by atoms with Gasteiger partial charge in [0.1, 0.15) is 22.7 Å². The van der Waals surface area contributed by atoms with Gasteiger partial charge in [-0.2, -0.15) is 0 Å². The second-order valence-corrected chi connectivity index (χ2v) is 29.8. The van der Waals surface area contributed by atoms with E-state index in [9.17, 15) is 24.3 Å². The molecule has 0 radical (unpaired) electrons. The second-order valence-electron chi connectivity index (χ2n) is 28.1. The number of carbonyl (C=O) groups is 4. The molecule has 0 saturated heterocycles. The zero-order chi connectivity index (χ0) is 59.8. The van der Waals surface area contributed by atoms with E-state index in [1.807, 2.05) is 55.1 Å². The van der Waals surface area contributed by atoms with Crippen LogP contribution in [-0.2, 0) is 14.3 Å². The van der Waals surface area contributed by atoms with Crippen molar-refractivity contribution in [3.63, 3.8) is 0 Å². The van der Waals surface area contributed by atoms with Gasteiger partial charge in [-0.15, -0.1) is 0 Å². The van der Waals surface area contributed by atoms with E-state index in [0.29, 0.717) is 60.0 Å². The molecule has 2 atom stereocenters. The molecule has 83 heavy (non-hydrogen) atoms. The van der Waals surface area contributed by atoms with Crippen molar-refractivity contribution in [2.75, 3.05) is 0 Å². The second kappa shape index (κ2) is 27.5. The van der Waals surface area contributed by atoms with E-state index < -0.39 is 17.3 Å². The number of halogens is 4. The normalized spacial score (nSPS) is 21.9. The van der Waals surface area contributed by atoms with Gasteiger partial charge >= 0.3 is 41.5 Å². The van der Waals surface area contributed by atoms with E-state index in [0.717, 1.165) is 88.2 Å². The maximum absolute atomic E-state index is 14.6. The molecule has 2 amide bonds. The molecule has 16 heteroatoms. The molecule has 446 valence electrons. The van der Waals surface area contributed by atoms with Gasteiger partial charge in [0, 0.05) is 31.2 Å². The summed E-state index contributed by atoms with van der Waals surface area (Å²) in [5, 5.41) is 11.3. The Morgan fingerprint density at radius 3 is 1.16 bits per heavy atom. The average Bonchev–Trinajstić information content (AvgIpc) is 3.99. The van der Waals surface area contributed by atoms with Crippen LogP contribution in [0.2, 0.25) is 20.1 Å². The molecule has 2 saturated carbocycles. The Balaban J connectivity index is 0.000000298. The third-order valence-electron chi connectivity index (χ3n) is 17.0. The number of nitrogens with zero attached hydrogens (tertiary/aromatic N) is 4. The Kier molecular flexibility index (Phi) is 23.2. The summed E-state index contributed by atoms with van der Waals surface area (Å²) in [7, 11) is 0. The Labute approximate surface area is 536 Å². The van der Waals surface area contributed by atoms with Gasteiger partial charge in [-0.1, -0.05) is 154 Å². The van der Waals surface area contributed by atoms with Gasteiger partial charge in [-0.3, -0.25) is 19.6 Å². The molecular formula is C67H87Cl4N4NaO7. The SMILES string of the molecule is CC(C)(C)CC[C@H](c1ccc(C(=O)O)cc1)N1C(=O)C(c2cc(Cl)cc(Cl)c2)=NC12CCC(C(C)(C)C)CC2.CC(C)OC(=O)c1ccc([C@@H](CCC(C)(C)C)N2C(=O)C(c3cc(Cl)cc(Cl)c3)=NC23CCC(C(C)(C)C)CC3)cc1.[Na+].[OH-]. The first-order valence-electron chi connectivity index (χ1n) is 29.0. The fourth-order valence-electron chi connectivity index (χ4n) is 12.4. The number of carbonyl (C=O) groups excluding carboxylic acids is 3. The van der Waals surface area contributed by atoms with Crippen molar-refractivity contribution in [1.82, 2.24) is 9.80 Å². The number of esters is 1. The van der Waals surface area contributed by atoms with Gasteiger partial charge < -0.3 is 25.1 Å². The van der Waals surface area contributed by atoms with Crippen molar-refractivity contribution < 1.29 is 64.1 Å². The van der Waals surface area contributed by atoms with Gasteiger partial charge in [0.2, 0.25) is 0 Å². The van der Waals surface area contributed by atoms with Crippen molar-refractivity contribution in [2.45, 2.75) is 203 Å². The Bertz CT molecular complexity index is 2970. The summed E-state index contributed by atoms with van der Waals surface area (Å²) in [5.41, 5.74) is 3.93. The third kappa shape index (κ3) is 17.3. The molecule has 2 aliphatic carbocycles. The van der Waals surface area contributed by atoms with Crippen molar-refractivity contribution >= 4 is 81.6 Å². The minimum atomic E-state index is -0.967. The number of hydrogen-bond donors (Lipinski definition) is 1. The van der Waals surface area contributed by atoms with Gasteiger partial charge in [0.25, 0.3) is 11.8 Å². The standard InChI is InChI=1S/C35H46Cl2N2O3.C32H40Cl2N2O3.Na.H2O/c1-22(2)42-32(41)24-11-9-23(10-12-24)29(15-16-33(3,4)5)39-31(40)30(25-19-27(36)21-28(37)20-25)38-35(39)17-13-26(14-18-35)34(6,7)8;1-30(2,3)14-13-26(20-7-9-21(10-8-20)29(38)39)36-28(37)27(22-17-24(33)19-25(34)18-22)35-32(36)15-11-23(12-16-32)31(4,5)6;;/h9-12,19-22,26,29H,13-18H2,1-8H3;7-10,17-19,23,26H,11-16H2,1-6H3,(H,38,39);;1H2/q;;+1;/p-1/t26?,29-,35?;23?,26-,32?;;/m11../s1. The van der Waals surface area contributed by atoms with Crippen LogP contribution >= 0.6 is 46.4 Å². The largest absolute Gasteiger partial charge is 1.00 e. The number of carboxylic acid groups (broad SMARTS) is 1. The molecule has 0 bridgehead atoms. The minimum Gasteiger partial charge on any atom is -0.870 e. The molecule has 4 aromatic carbocycles. The Morgan fingerprint density at radius 2 is 0.880 bits per heavy atom. The maximum atomic E-state index is 14.6. The van der Waals surface area contributed by atoms with E-state index >= 15 is 0 Å². The zero-order valence-corrected chi connectivity index (χ0v) is 56.7. The number of rotatable bonds is 13. The summed E-state index contributed by atoms with van der Waals surface area (Å²) in [6, 6.07) is 24.5. The quantitative estimate of drug-likeness (QED) is 0.103. The fraction of sp³-hybridized carbons (Fsp3) is 0.552. The fourth-order valence-corrected chi connectivity index (χ4v) is 13.5. The van der Waals surface area contributed by atoms with Gasteiger partial charge in [0.05, 0.1) is 29.3 Å². The van der Waals surface area contributed by atoms with Crippen LogP contribution in [0.1, 0.15) is 229 Å². The molecule has 0 unspecified atom stereocenters. The monoisotopic (exact) mass is 1220 g/mol. The van der Waals surface area contributed by atoms with Crippen molar-refractivity contribution in [2.24, 2.45) is 43.5 Å². The van der Waals surface area contributed by atoms with Crippen LogP contribution in [0.15, 0.2) is 94.9 Å². The van der Waals surface area contributed by atoms with Crippen LogP contribution in [0.4, 0.5) is 0 Å². The molecule has 11 nitrogen and oxygen atoms in total. The smallest absolute Gasteiger partial charge is 0.870 e. The average molecular weight is 1230 g/mol. The number of carboxylic acids is 1. The molecule has 0 aromatic heterocycles. The molecule has 2 heterocycles. The maximum Gasteiger partial charge on any atom is 1.00 e. The number of amides is 2. The molecule has 2 N–H and O–H groups in total. The predicted octanol–water partition coefficient (Wildman–Crippen LogP) is 15.3. The molecule has 2 spiro atoms. The molecule has 2 aliphatic heterocycles. The summed E-state index contributed by atoms with van der Waals surface area (Å²) in [6.45, 7) is 30.7. The molecule has 4 aromatic rings. The van der Waals surface area contributed by atoms with Gasteiger partial charge in [-0.25, -0.2) is 9.59 Å². The van der Waals surface area contributed by atoms with E-state index in [1.54, 1.807) is 48.5 Å². The van der Waals surface area contributed by atoms with E-state index in [1.165, 1.54) is 0 Å². The van der Waals surface area contributed by atoms with Gasteiger partial charge in [-0.05, 0) is 196 Å². The topological polar surface area (TPSA) is 159 Å². The first kappa shape index (κ1) is 70.0. The number of aliphatic imine (C=N–C) groups is 2. The minimum absolute atomic E-state index is 0. The number of benzene rings is 4. The first-order valence-corrected chi connectivity index (χ1v) is 30.5. The van der Waals surface area contributed by atoms with Gasteiger partial charge in [0.15, 0.2) is 0 Å². The van der Waals surface area contributed by atoms with E-state index in [-0.39, 0.29) is 98.2 Å². The van der Waals surface area contributed by atoms with Crippen molar-refractivity contribution in [1.29, 1.82) is 0 Å². The summed E-state index contributed by atoms with van der Waals surface area (Å²) >= 11 is 25.5. The van der Waals surface area contributed by atoms with E-state index in [4.69, 9.17) is 61.1 Å².